The first-order chi connectivity index (χ1) is 15.5. The van der Waals surface area contributed by atoms with Crippen LogP contribution < -0.4 is 20.1 Å². The molecule has 32 heavy (non-hydrogen) atoms. The summed E-state index contributed by atoms with van der Waals surface area (Å²) >= 11 is 0. The van der Waals surface area contributed by atoms with Gasteiger partial charge in [-0.3, -0.25) is 4.98 Å². The number of rotatable bonds is 12. The smallest absolute Gasteiger partial charge is 0.225 e. The van der Waals surface area contributed by atoms with E-state index in [0.29, 0.717) is 23.8 Å². The summed E-state index contributed by atoms with van der Waals surface area (Å²) < 4.78 is 10.8. The summed E-state index contributed by atoms with van der Waals surface area (Å²) in [5, 5.41) is 16.8. The fourth-order valence-corrected chi connectivity index (χ4v) is 3.54. The third-order valence-corrected chi connectivity index (χ3v) is 5.49. The molecule has 0 aliphatic carbocycles. The predicted octanol–water partition coefficient (Wildman–Crippen LogP) is 4.40. The summed E-state index contributed by atoms with van der Waals surface area (Å²) in [6.45, 7) is 4.66. The summed E-state index contributed by atoms with van der Waals surface area (Å²) in [6.07, 6.45) is 5.83. The molecule has 3 N–H and O–H groups in total. The van der Waals surface area contributed by atoms with Crippen molar-refractivity contribution in [3.63, 3.8) is 0 Å². The first-order valence-electron chi connectivity index (χ1n) is 11.0. The van der Waals surface area contributed by atoms with Crippen molar-refractivity contribution in [2.45, 2.75) is 51.6 Å². The quantitative estimate of drug-likeness (QED) is 0.357. The number of fused-ring (bicyclic) bond motifs is 1. The molecule has 2 heterocycles. The minimum absolute atomic E-state index is 0.000846. The van der Waals surface area contributed by atoms with Crippen molar-refractivity contribution < 1.29 is 14.6 Å². The number of benzene rings is 1. The van der Waals surface area contributed by atoms with E-state index in [2.05, 4.69) is 27.5 Å². The van der Waals surface area contributed by atoms with Gasteiger partial charge in [0.2, 0.25) is 5.95 Å². The first kappa shape index (κ1) is 23.5. The number of ether oxygens (including phenoxy) is 2. The van der Waals surface area contributed by atoms with E-state index >= 15 is 0 Å². The molecule has 8 nitrogen and oxygen atoms in total. The number of nitrogens with zero attached hydrogens (tertiary/aromatic N) is 3. The Labute approximate surface area is 189 Å². The molecule has 0 saturated carbocycles. The number of aliphatic hydroxyl groups excluding tert-OH is 1. The third-order valence-electron chi connectivity index (χ3n) is 5.49. The molecule has 0 bridgehead atoms. The average molecular weight is 440 g/mol. The van der Waals surface area contributed by atoms with Crippen LogP contribution in [0.4, 0.5) is 11.8 Å². The van der Waals surface area contributed by atoms with Gasteiger partial charge in [0.15, 0.2) is 5.82 Å². The molecule has 0 fully saturated rings. The standard InChI is InChI=1S/C24H33N5O3/c1-5-6-7-12-24(2,16-30)29-22-21-19(9-8-13-25-21)27-23(28-22)26-15-17-10-11-18(31-3)14-20(17)32-4/h8-11,13-14,30H,5-7,12,15-16H2,1-4H3,(H2,26,27,28,29)/t24-/m1/s1. The van der Waals surface area contributed by atoms with Crippen LogP contribution in [0.15, 0.2) is 36.5 Å². The molecule has 172 valence electrons. The maximum absolute atomic E-state index is 10.1. The number of hydrogen-bond donors (Lipinski definition) is 3. The van der Waals surface area contributed by atoms with Gasteiger partial charge < -0.3 is 25.2 Å². The van der Waals surface area contributed by atoms with Crippen LogP contribution in [-0.2, 0) is 6.54 Å². The van der Waals surface area contributed by atoms with Crippen molar-refractivity contribution in [2.24, 2.45) is 0 Å². The van der Waals surface area contributed by atoms with Crippen LogP contribution >= 0.6 is 0 Å². The van der Waals surface area contributed by atoms with Crippen LogP contribution in [0.1, 0.15) is 45.1 Å². The molecule has 3 rings (SSSR count). The monoisotopic (exact) mass is 439 g/mol. The molecule has 1 atom stereocenters. The van der Waals surface area contributed by atoms with Gasteiger partial charge in [0.1, 0.15) is 17.0 Å². The fraction of sp³-hybridized carbons (Fsp3) is 0.458. The van der Waals surface area contributed by atoms with Gasteiger partial charge in [-0.2, -0.15) is 4.98 Å². The molecule has 0 unspecified atom stereocenters. The van der Waals surface area contributed by atoms with Gasteiger partial charge in [0.25, 0.3) is 0 Å². The molecular formula is C24H33N5O3. The average Bonchev–Trinajstić information content (AvgIpc) is 2.82. The Kier molecular flexibility index (Phi) is 8.05. The molecule has 0 amide bonds. The predicted molar refractivity (Wildman–Crippen MR) is 127 cm³/mol. The second-order valence-corrected chi connectivity index (χ2v) is 8.10. The van der Waals surface area contributed by atoms with Gasteiger partial charge in [0, 0.05) is 24.4 Å². The molecule has 1 aromatic carbocycles. The minimum atomic E-state index is -0.496. The number of aromatic nitrogens is 3. The first-order valence-corrected chi connectivity index (χ1v) is 11.0. The van der Waals surface area contributed by atoms with E-state index in [4.69, 9.17) is 14.5 Å². The van der Waals surface area contributed by atoms with Gasteiger partial charge in [-0.05, 0) is 37.6 Å². The van der Waals surface area contributed by atoms with E-state index in [9.17, 15) is 5.11 Å². The van der Waals surface area contributed by atoms with E-state index < -0.39 is 5.54 Å². The zero-order valence-electron chi connectivity index (χ0n) is 19.3. The van der Waals surface area contributed by atoms with Gasteiger partial charge in [-0.1, -0.05) is 26.2 Å². The molecular weight excluding hydrogens is 406 g/mol. The van der Waals surface area contributed by atoms with E-state index in [-0.39, 0.29) is 6.61 Å². The number of aliphatic hydroxyl groups is 1. The summed E-state index contributed by atoms with van der Waals surface area (Å²) in [4.78, 5) is 13.8. The maximum Gasteiger partial charge on any atom is 0.225 e. The third kappa shape index (κ3) is 5.76. The van der Waals surface area contributed by atoms with Crippen LogP contribution in [0.3, 0.4) is 0 Å². The molecule has 2 aromatic heterocycles. The Hall–Kier alpha value is -3.13. The molecule has 0 saturated heterocycles. The second kappa shape index (κ2) is 10.9. The molecule has 0 radical (unpaired) electrons. The maximum atomic E-state index is 10.1. The molecule has 8 heteroatoms. The number of nitrogens with one attached hydrogen (secondary N) is 2. The SMILES string of the molecule is CCCCC[C@](C)(CO)Nc1nc(NCc2ccc(OC)cc2OC)nc2cccnc12. The Bertz CT molecular complexity index is 1030. The number of hydrogen-bond acceptors (Lipinski definition) is 8. The second-order valence-electron chi connectivity index (χ2n) is 8.10. The number of anilines is 2. The van der Waals surface area contributed by atoms with Crippen molar-refractivity contribution in [2.75, 3.05) is 31.5 Å². The van der Waals surface area contributed by atoms with Crippen LogP contribution in [0.2, 0.25) is 0 Å². The van der Waals surface area contributed by atoms with Crippen molar-refractivity contribution in [1.82, 2.24) is 15.0 Å². The van der Waals surface area contributed by atoms with Crippen molar-refractivity contribution >= 4 is 22.8 Å². The minimum Gasteiger partial charge on any atom is -0.497 e. The Morgan fingerprint density at radius 2 is 1.94 bits per heavy atom. The normalized spacial score (nSPS) is 12.9. The summed E-state index contributed by atoms with van der Waals surface area (Å²) in [6, 6.07) is 9.44. The van der Waals surface area contributed by atoms with E-state index in [1.807, 2.05) is 37.3 Å². The van der Waals surface area contributed by atoms with Gasteiger partial charge in [-0.25, -0.2) is 4.98 Å². The number of pyridine rings is 1. The number of methoxy groups -OCH3 is 2. The van der Waals surface area contributed by atoms with E-state index in [1.54, 1.807) is 20.4 Å². The summed E-state index contributed by atoms with van der Waals surface area (Å²) in [5.74, 6) is 2.53. The zero-order chi connectivity index (χ0) is 23.0. The van der Waals surface area contributed by atoms with Crippen LogP contribution in [-0.4, -0.2) is 46.4 Å². The van der Waals surface area contributed by atoms with Gasteiger partial charge in [-0.15, -0.1) is 0 Å². The van der Waals surface area contributed by atoms with E-state index in [1.165, 1.54) is 0 Å². The lowest BCUT2D eigenvalue weighted by Crippen LogP contribution is -2.39. The van der Waals surface area contributed by atoms with Gasteiger partial charge >= 0.3 is 0 Å². The van der Waals surface area contributed by atoms with Crippen molar-refractivity contribution in [3.8, 4) is 11.5 Å². The Balaban J connectivity index is 1.86. The Morgan fingerprint density at radius 3 is 2.66 bits per heavy atom. The lowest BCUT2D eigenvalue weighted by Gasteiger charge is -2.30. The molecule has 3 aromatic rings. The Morgan fingerprint density at radius 1 is 1.09 bits per heavy atom. The van der Waals surface area contributed by atoms with Crippen molar-refractivity contribution in [1.29, 1.82) is 0 Å². The lowest BCUT2D eigenvalue weighted by atomic mass is 9.95. The topological polar surface area (TPSA) is 101 Å². The largest absolute Gasteiger partial charge is 0.497 e. The van der Waals surface area contributed by atoms with Crippen molar-refractivity contribution in [3.05, 3.63) is 42.1 Å². The van der Waals surface area contributed by atoms with Crippen LogP contribution in [0.5, 0.6) is 11.5 Å². The zero-order valence-corrected chi connectivity index (χ0v) is 19.3. The molecule has 0 aliphatic rings. The van der Waals surface area contributed by atoms with Crippen LogP contribution in [0.25, 0.3) is 11.0 Å². The molecule has 0 spiro atoms. The lowest BCUT2D eigenvalue weighted by molar-refractivity contribution is 0.211. The van der Waals surface area contributed by atoms with Crippen LogP contribution in [0, 0.1) is 0 Å². The highest BCUT2D eigenvalue weighted by atomic mass is 16.5. The summed E-state index contributed by atoms with van der Waals surface area (Å²) in [5.41, 5.74) is 1.86. The highest BCUT2D eigenvalue weighted by Crippen LogP contribution is 2.28. The van der Waals surface area contributed by atoms with Gasteiger partial charge in [0.05, 0.1) is 31.9 Å². The summed E-state index contributed by atoms with van der Waals surface area (Å²) in [7, 11) is 3.26. The highest BCUT2D eigenvalue weighted by molar-refractivity contribution is 5.86. The fourth-order valence-electron chi connectivity index (χ4n) is 3.54. The highest BCUT2D eigenvalue weighted by Gasteiger charge is 2.25. The van der Waals surface area contributed by atoms with E-state index in [0.717, 1.165) is 48.3 Å². The molecule has 0 aliphatic heterocycles. The number of unbranched alkanes of at least 4 members (excludes halogenated alkanes) is 2.